The number of carbonyl (C=O) groups is 1. The fourth-order valence-electron chi connectivity index (χ4n) is 2.85. The SMILES string of the molecule is C[C@@H](C(=O)O)N(c1ccccc1)c1ccc(-c2cccn2C)cc1. The van der Waals surface area contributed by atoms with Gasteiger partial charge in [-0.05, 0) is 48.9 Å². The second-order valence-electron chi connectivity index (χ2n) is 5.77. The van der Waals surface area contributed by atoms with Gasteiger partial charge >= 0.3 is 5.97 Å². The molecular formula is C20H20N2O2. The van der Waals surface area contributed by atoms with Crippen molar-refractivity contribution in [2.24, 2.45) is 7.05 Å². The van der Waals surface area contributed by atoms with Crippen LogP contribution in [0.5, 0.6) is 0 Å². The molecule has 1 heterocycles. The van der Waals surface area contributed by atoms with E-state index >= 15 is 0 Å². The predicted molar refractivity (Wildman–Crippen MR) is 96.5 cm³/mol. The largest absolute Gasteiger partial charge is 0.480 e. The van der Waals surface area contributed by atoms with Gasteiger partial charge in [0.25, 0.3) is 0 Å². The van der Waals surface area contributed by atoms with Gasteiger partial charge in [-0.3, -0.25) is 0 Å². The molecule has 0 aliphatic rings. The van der Waals surface area contributed by atoms with Crippen molar-refractivity contribution in [3.63, 3.8) is 0 Å². The first-order valence-corrected chi connectivity index (χ1v) is 7.87. The molecule has 0 radical (unpaired) electrons. The van der Waals surface area contributed by atoms with Gasteiger partial charge in [-0.2, -0.15) is 0 Å². The van der Waals surface area contributed by atoms with Gasteiger partial charge in [0, 0.05) is 30.3 Å². The number of rotatable bonds is 5. The molecule has 0 aliphatic heterocycles. The average Bonchev–Trinajstić information content (AvgIpc) is 3.02. The molecule has 0 saturated heterocycles. The fraction of sp³-hybridized carbons (Fsp3) is 0.150. The van der Waals surface area contributed by atoms with E-state index in [1.165, 1.54) is 0 Å². The second kappa shape index (κ2) is 6.62. The molecule has 0 unspecified atom stereocenters. The first-order valence-electron chi connectivity index (χ1n) is 7.87. The third kappa shape index (κ3) is 3.04. The second-order valence-corrected chi connectivity index (χ2v) is 5.77. The molecule has 1 N–H and O–H groups in total. The van der Waals surface area contributed by atoms with Gasteiger partial charge in [0.05, 0.1) is 0 Å². The smallest absolute Gasteiger partial charge is 0.326 e. The van der Waals surface area contributed by atoms with E-state index in [4.69, 9.17) is 0 Å². The summed E-state index contributed by atoms with van der Waals surface area (Å²) in [7, 11) is 2.01. The standard InChI is InChI=1S/C20H20N2O2/c1-15(20(23)24)22(17-7-4-3-5-8-17)18-12-10-16(11-13-18)19-9-6-14-21(19)2/h3-15H,1-2H3,(H,23,24)/t15-/m0/s1. The molecule has 3 aromatic rings. The van der Waals surface area contributed by atoms with Crippen molar-refractivity contribution in [1.29, 1.82) is 0 Å². The summed E-state index contributed by atoms with van der Waals surface area (Å²) in [6.45, 7) is 1.69. The highest BCUT2D eigenvalue weighted by Gasteiger charge is 2.22. The van der Waals surface area contributed by atoms with E-state index < -0.39 is 12.0 Å². The van der Waals surface area contributed by atoms with E-state index in [-0.39, 0.29) is 0 Å². The van der Waals surface area contributed by atoms with E-state index in [1.54, 1.807) is 6.92 Å². The van der Waals surface area contributed by atoms with Gasteiger partial charge in [0.2, 0.25) is 0 Å². The molecule has 4 nitrogen and oxygen atoms in total. The van der Waals surface area contributed by atoms with E-state index in [2.05, 4.69) is 10.6 Å². The maximum absolute atomic E-state index is 11.5. The van der Waals surface area contributed by atoms with Gasteiger partial charge in [-0.15, -0.1) is 0 Å². The lowest BCUT2D eigenvalue weighted by atomic mass is 10.1. The van der Waals surface area contributed by atoms with E-state index in [0.29, 0.717) is 0 Å². The Morgan fingerprint density at radius 2 is 1.58 bits per heavy atom. The highest BCUT2D eigenvalue weighted by molar-refractivity contribution is 5.82. The van der Waals surface area contributed by atoms with Crippen LogP contribution in [-0.4, -0.2) is 21.7 Å². The molecule has 1 aromatic heterocycles. The first-order chi connectivity index (χ1) is 11.6. The Hall–Kier alpha value is -3.01. The Balaban J connectivity index is 1.99. The van der Waals surface area contributed by atoms with Crippen molar-refractivity contribution in [2.45, 2.75) is 13.0 Å². The van der Waals surface area contributed by atoms with Crippen LogP contribution in [0.4, 0.5) is 11.4 Å². The number of aliphatic carboxylic acids is 1. The van der Waals surface area contributed by atoms with Crippen LogP contribution in [0, 0.1) is 0 Å². The Bertz CT molecular complexity index is 822. The van der Waals surface area contributed by atoms with Crippen LogP contribution in [0.1, 0.15) is 6.92 Å². The molecule has 0 fully saturated rings. The molecular weight excluding hydrogens is 300 g/mol. The number of aromatic nitrogens is 1. The zero-order valence-corrected chi connectivity index (χ0v) is 13.8. The summed E-state index contributed by atoms with van der Waals surface area (Å²) in [5.41, 5.74) is 3.94. The summed E-state index contributed by atoms with van der Waals surface area (Å²) < 4.78 is 2.06. The molecule has 0 saturated carbocycles. The highest BCUT2D eigenvalue weighted by Crippen LogP contribution is 2.30. The minimum Gasteiger partial charge on any atom is -0.480 e. The lowest BCUT2D eigenvalue weighted by Gasteiger charge is -2.29. The number of hydrogen-bond acceptors (Lipinski definition) is 2. The molecule has 0 spiro atoms. The third-order valence-electron chi connectivity index (χ3n) is 4.16. The number of carboxylic acids is 1. The van der Waals surface area contributed by atoms with Crippen molar-refractivity contribution < 1.29 is 9.90 Å². The molecule has 0 aliphatic carbocycles. The van der Waals surface area contributed by atoms with Gasteiger partial charge in [-0.1, -0.05) is 30.3 Å². The molecule has 24 heavy (non-hydrogen) atoms. The summed E-state index contributed by atoms with van der Waals surface area (Å²) in [5, 5.41) is 9.47. The summed E-state index contributed by atoms with van der Waals surface area (Å²) in [6, 6.07) is 21.0. The molecule has 122 valence electrons. The van der Waals surface area contributed by atoms with E-state index in [0.717, 1.165) is 22.6 Å². The van der Waals surface area contributed by atoms with Crippen LogP contribution >= 0.6 is 0 Å². The molecule has 1 atom stereocenters. The summed E-state index contributed by atoms with van der Waals surface area (Å²) in [4.78, 5) is 13.4. The first kappa shape index (κ1) is 15.9. The fourth-order valence-corrected chi connectivity index (χ4v) is 2.85. The Morgan fingerprint density at radius 3 is 2.12 bits per heavy atom. The predicted octanol–water partition coefficient (Wildman–Crippen LogP) is 4.30. The number of carboxylic acid groups (broad SMARTS) is 1. The zero-order valence-electron chi connectivity index (χ0n) is 13.8. The summed E-state index contributed by atoms with van der Waals surface area (Å²) >= 11 is 0. The minimum absolute atomic E-state index is 0.659. The van der Waals surface area contributed by atoms with Crippen molar-refractivity contribution in [1.82, 2.24) is 4.57 Å². The molecule has 0 bridgehead atoms. The Kier molecular flexibility index (Phi) is 4.38. The minimum atomic E-state index is -0.856. The van der Waals surface area contributed by atoms with Crippen molar-refractivity contribution in [2.75, 3.05) is 4.90 Å². The monoisotopic (exact) mass is 320 g/mol. The zero-order chi connectivity index (χ0) is 17.1. The topological polar surface area (TPSA) is 45.5 Å². The van der Waals surface area contributed by atoms with Crippen LogP contribution < -0.4 is 4.90 Å². The molecule has 4 heteroatoms. The lowest BCUT2D eigenvalue weighted by Crippen LogP contribution is -2.35. The number of anilines is 2. The van der Waals surface area contributed by atoms with Gasteiger partial charge in [-0.25, -0.2) is 4.79 Å². The maximum atomic E-state index is 11.5. The van der Waals surface area contributed by atoms with Crippen LogP contribution in [0.25, 0.3) is 11.3 Å². The van der Waals surface area contributed by atoms with Gasteiger partial charge in [0.1, 0.15) is 6.04 Å². The summed E-state index contributed by atoms with van der Waals surface area (Å²) in [5.74, 6) is -0.856. The number of benzene rings is 2. The summed E-state index contributed by atoms with van der Waals surface area (Å²) in [6.07, 6.45) is 2.01. The molecule has 2 aromatic carbocycles. The number of para-hydroxylation sites is 1. The maximum Gasteiger partial charge on any atom is 0.326 e. The van der Waals surface area contributed by atoms with Crippen LogP contribution in [0.2, 0.25) is 0 Å². The van der Waals surface area contributed by atoms with E-state index in [9.17, 15) is 9.90 Å². The highest BCUT2D eigenvalue weighted by atomic mass is 16.4. The van der Waals surface area contributed by atoms with Crippen molar-refractivity contribution >= 4 is 17.3 Å². The average molecular weight is 320 g/mol. The quantitative estimate of drug-likeness (QED) is 0.762. The van der Waals surface area contributed by atoms with Crippen LogP contribution in [0.15, 0.2) is 72.9 Å². The van der Waals surface area contributed by atoms with Crippen LogP contribution in [0.3, 0.4) is 0 Å². The Morgan fingerprint density at radius 1 is 0.958 bits per heavy atom. The molecule has 3 rings (SSSR count). The molecule has 0 amide bonds. The van der Waals surface area contributed by atoms with Crippen molar-refractivity contribution in [3.05, 3.63) is 72.9 Å². The van der Waals surface area contributed by atoms with Crippen molar-refractivity contribution in [3.8, 4) is 11.3 Å². The van der Waals surface area contributed by atoms with Gasteiger partial charge < -0.3 is 14.6 Å². The number of nitrogens with zero attached hydrogens (tertiary/aromatic N) is 2. The number of hydrogen-bond donors (Lipinski definition) is 1. The van der Waals surface area contributed by atoms with E-state index in [1.807, 2.05) is 78.8 Å². The number of aryl methyl sites for hydroxylation is 1. The third-order valence-corrected chi connectivity index (χ3v) is 4.16. The van der Waals surface area contributed by atoms with Gasteiger partial charge in [0.15, 0.2) is 0 Å². The normalized spacial score (nSPS) is 11.9. The Labute approximate surface area is 141 Å². The lowest BCUT2D eigenvalue weighted by molar-refractivity contribution is -0.137. The van der Waals surface area contributed by atoms with Crippen LogP contribution in [-0.2, 0) is 11.8 Å².